The minimum atomic E-state index is -0.465. The maximum atomic E-state index is 10.4. The van der Waals surface area contributed by atoms with E-state index in [1.165, 1.54) is 12.1 Å². The van der Waals surface area contributed by atoms with Gasteiger partial charge in [0.05, 0.1) is 16.9 Å². The predicted molar refractivity (Wildman–Crippen MR) is 47.1 cm³/mol. The van der Waals surface area contributed by atoms with Gasteiger partial charge in [0.25, 0.3) is 5.69 Å². The number of nitriles is 1. The molecule has 1 rings (SSSR count). The maximum Gasteiger partial charge on any atom is 0.269 e. The van der Waals surface area contributed by atoms with Crippen LogP contribution in [-0.4, -0.2) is 4.92 Å². The molecule has 0 spiro atoms. The molecule has 1 atom stereocenters. The summed E-state index contributed by atoms with van der Waals surface area (Å²) < 4.78 is 0. The first-order valence-corrected chi connectivity index (χ1v) is 3.79. The van der Waals surface area contributed by atoms with Crippen LogP contribution >= 0.6 is 0 Å². The molecule has 0 aromatic heterocycles. The Hall–Kier alpha value is -1.89. The summed E-state index contributed by atoms with van der Waals surface area (Å²) in [5.41, 5.74) is 0.705. The van der Waals surface area contributed by atoms with Crippen LogP contribution in [0.15, 0.2) is 24.3 Å². The van der Waals surface area contributed by atoms with Gasteiger partial charge in [-0.1, -0.05) is 12.1 Å². The van der Waals surface area contributed by atoms with Crippen LogP contribution in [0.2, 0.25) is 0 Å². The SMILES string of the molecule is C[C@@H](C#N)c1cccc([N+](=O)[O-])c1. The van der Waals surface area contributed by atoms with Crippen LogP contribution in [0.1, 0.15) is 18.4 Å². The molecule has 0 N–H and O–H groups in total. The molecule has 0 saturated heterocycles. The minimum Gasteiger partial charge on any atom is -0.258 e. The van der Waals surface area contributed by atoms with Crippen molar-refractivity contribution in [3.63, 3.8) is 0 Å². The molecule has 0 fully saturated rings. The number of hydrogen-bond donors (Lipinski definition) is 0. The molecule has 13 heavy (non-hydrogen) atoms. The van der Waals surface area contributed by atoms with E-state index in [9.17, 15) is 10.1 Å². The van der Waals surface area contributed by atoms with Crippen molar-refractivity contribution in [1.82, 2.24) is 0 Å². The van der Waals surface area contributed by atoms with E-state index in [0.29, 0.717) is 5.56 Å². The summed E-state index contributed by atoms with van der Waals surface area (Å²) in [5, 5.41) is 19.0. The average molecular weight is 176 g/mol. The van der Waals surface area contributed by atoms with Crippen molar-refractivity contribution in [2.24, 2.45) is 0 Å². The minimum absolute atomic E-state index is 0.0274. The third-order valence-electron chi connectivity index (χ3n) is 1.77. The Morgan fingerprint density at radius 3 is 2.85 bits per heavy atom. The van der Waals surface area contributed by atoms with E-state index in [-0.39, 0.29) is 11.6 Å². The molecular formula is C9H8N2O2. The molecule has 4 heteroatoms. The summed E-state index contributed by atoms with van der Waals surface area (Å²) in [6, 6.07) is 8.15. The first kappa shape index (κ1) is 9.20. The Labute approximate surface area is 75.6 Å². The van der Waals surface area contributed by atoms with Crippen LogP contribution in [0.5, 0.6) is 0 Å². The van der Waals surface area contributed by atoms with Gasteiger partial charge in [-0.15, -0.1) is 0 Å². The molecule has 0 amide bonds. The number of hydrogen-bond acceptors (Lipinski definition) is 3. The Morgan fingerprint density at radius 1 is 1.62 bits per heavy atom. The fourth-order valence-electron chi connectivity index (χ4n) is 0.982. The van der Waals surface area contributed by atoms with E-state index < -0.39 is 4.92 Å². The van der Waals surface area contributed by atoms with Gasteiger partial charge in [0.1, 0.15) is 0 Å². The maximum absolute atomic E-state index is 10.4. The van der Waals surface area contributed by atoms with E-state index in [1.807, 2.05) is 6.07 Å². The van der Waals surface area contributed by atoms with E-state index in [4.69, 9.17) is 5.26 Å². The van der Waals surface area contributed by atoms with Crippen molar-refractivity contribution in [3.8, 4) is 6.07 Å². The van der Waals surface area contributed by atoms with Crippen LogP contribution in [0.3, 0.4) is 0 Å². The molecule has 0 heterocycles. The van der Waals surface area contributed by atoms with Crippen LogP contribution in [0.25, 0.3) is 0 Å². The summed E-state index contributed by atoms with van der Waals surface area (Å²) in [6.45, 7) is 1.71. The lowest BCUT2D eigenvalue weighted by molar-refractivity contribution is -0.384. The smallest absolute Gasteiger partial charge is 0.258 e. The van der Waals surface area contributed by atoms with Crippen LogP contribution in [0.4, 0.5) is 5.69 Å². The molecule has 0 saturated carbocycles. The number of nitrogens with zero attached hydrogens (tertiary/aromatic N) is 2. The predicted octanol–water partition coefficient (Wildman–Crippen LogP) is 2.22. The highest BCUT2D eigenvalue weighted by molar-refractivity contribution is 5.37. The molecule has 0 aliphatic heterocycles. The van der Waals surface area contributed by atoms with E-state index in [0.717, 1.165) is 0 Å². The van der Waals surface area contributed by atoms with Crippen molar-refractivity contribution < 1.29 is 4.92 Å². The van der Waals surface area contributed by atoms with E-state index in [1.54, 1.807) is 19.1 Å². The monoisotopic (exact) mass is 176 g/mol. The molecule has 1 aromatic rings. The highest BCUT2D eigenvalue weighted by Gasteiger charge is 2.09. The normalized spacial score (nSPS) is 11.7. The lowest BCUT2D eigenvalue weighted by Crippen LogP contribution is -1.92. The second kappa shape index (κ2) is 3.68. The van der Waals surface area contributed by atoms with Gasteiger partial charge in [0.2, 0.25) is 0 Å². The molecule has 0 aliphatic carbocycles. The zero-order chi connectivity index (χ0) is 9.84. The second-order valence-corrected chi connectivity index (χ2v) is 2.70. The molecule has 66 valence electrons. The fourth-order valence-corrected chi connectivity index (χ4v) is 0.982. The Balaban J connectivity index is 3.07. The van der Waals surface area contributed by atoms with E-state index >= 15 is 0 Å². The van der Waals surface area contributed by atoms with Gasteiger partial charge in [0.15, 0.2) is 0 Å². The first-order valence-electron chi connectivity index (χ1n) is 3.79. The van der Waals surface area contributed by atoms with Crippen molar-refractivity contribution in [2.45, 2.75) is 12.8 Å². The van der Waals surface area contributed by atoms with Gasteiger partial charge in [-0.3, -0.25) is 10.1 Å². The first-order chi connectivity index (χ1) is 6.15. The van der Waals surface area contributed by atoms with Gasteiger partial charge in [-0.05, 0) is 12.5 Å². The van der Waals surface area contributed by atoms with E-state index in [2.05, 4.69) is 0 Å². The van der Waals surface area contributed by atoms with Crippen molar-refractivity contribution >= 4 is 5.69 Å². The average Bonchev–Trinajstić information content (AvgIpc) is 2.17. The number of non-ortho nitro benzene ring substituents is 1. The molecular weight excluding hydrogens is 168 g/mol. The third kappa shape index (κ3) is 2.03. The Kier molecular flexibility index (Phi) is 2.60. The number of nitro groups is 1. The van der Waals surface area contributed by atoms with Crippen LogP contribution in [-0.2, 0) is 0 Å². The molecule has 0 radical (unpaired) electrons. The lowest BCUT2D eigenvalue weighted by atomic mass is 10.0. The lowest BCUT2D eigenvalue weighted by Gasteiger charge is -2.00. The standard InChI is InChI=1S/C9H8N2O2/c1-7(6-10)8-3-2-4-9(5-8)11(12)13/h2-5,7H,1H3/t7-/m0/s1. The topological polar surface area (TPSA) is 66.9 Å². The molecule has 1 aromatic carbocycles. The summed E-state index contributed by atoms with van der Waals surface area (Å²) >= 11 is 0. The number of benzene rings is 1. The van der Waals surface area contributed by atoms with Gasteiger partial charge < -0.3 is 0 Å². The molecule has 4 nitrogen and oxygen atoms in total. The zero-order valence-corrected chi connectivity index (χ0v) is 7.10. The quantitative estimate of drug-likeness (QED) is 0.512. The molecule has 0 bridgehead atoms. The van der Waals surface area contributed by atoms with Crippen molar-refractivity contribution in [3.05, 3.63) is 39.9 Å². The number of nitro benzene ring substituents is 1. The van der Waals surface area contributed by atoms with Gasteiger partial charge in [0, 0.05) is 12.1 Å². The van der Waals surface area contributed by atoms with Crippen LogP contribution in [0, 0.1) is 21.4 Å². The van der Waals surface area contributed by atoms with Crippen molar-refractivity contribution in [2.75, 3.05) is 0 Å². The van der Waals surface area contributed by atoms with Gasteiger partial charge in [-0.2, -0.15) is 5.26 Å². The fraction of sp³-hybridized carbons (Fsp3) is 0.222. The summed E-state index contributed by atoms with van der Waals surface area (Å²) in [6.07, 6.45) is 0. The van der Waals surface area contributed by atoms with Gasteiger partial charge in [-0.25, -0.2) is 0 Å². The summed E-state index contributed by atoms with van der Waals surface area (Å²) in [7, 11) is 0. The summed E-state index contributed by atoms with van der Waals surface area (Å²) in [4.78, 5) is 9.92. The second-order valence-electron chi connectivity index (χ2n) is 2.70. The number of rotatable bonds is 2. The molecule has 0 aliphatic rings. The third-order valence-corrected chi connectivity index (χ3v) is 1.77. The van der Waals surface area contributed by atoms with Crippen LogP contribution < -0.4 is 0 Å². The Bertz CT molecular complexity index is 368. The molecule has 0 unspecified atom stereocenters. The highest BCUT2D eigenvalue weighted by atomic mass is 16.6. The zero-order valence-electron chi connectivity index (χ0n) is 7.10. The highest BCUT2D eigenvalue weighted by Crippen LogP contribution is 2.19. The summed E-state index contributed by atoms with van der Waals surface area (Å²) in [5.74, 6) is -0.306. The van der Waals surface area contributed by atoms with Crippen molar-refractivity contribution in [1.29, 1.82) is 5.26 Å². The Morgan fingerprint density at radius 2 is 2.31 bits per heavy atom. The van der Waals surface area contributed by atoms with Gasteiger partial charge >= 0.3 is 0 Å². The largest absolute Gasteiger partial charge is 0.269 e.